The Balaban J connectivity index is 1.96. The average Bonchev–Trinajstić information content (AvgIpc) is 2.86. The number of ether oxygens (including phenoxy) is 1. The van der Waals surface area contributed by atoms with E-state index in [0.717, 1.165) is 12.4 Å². The first kappa shape index (κ1) is 8.27. The molecule has 3 heteroatoms. The minimum atomic E-state index is 0.696. The van der Waals surface area contributed by atoms with Crippen LogP contribution in [-0.4, -0.2) is 17.6 Å². The molecule has 0 bridgehead atoms. The zero-order valence-corrected chi connectivity index (χ0v) is 8.07. The SMILES string of the molecule is Clc1ccccc1OC[C@@H]1CS1. The molecule has 1 saturated heterocycles. The van der Waals surface area contributed by atoms with Crippen LogP contribution in [0.15, 0.2) is 24.3 Å². The van der Waals surface area contributed by atoms with Crippen LogP contribution < -0.4 is 4.74 Å². The number of hydrogen-bond acceptors (Lipinski definition) is 2. The molecular formula is C9H9ClOS. The normalized spacial score (nSPS) is 20.6. The standard InChI is InChI=1S/C9H9ClOS/c10-8-3-1-2-4-9(8)11-5-7-6-12-7/h1-4,7H,5-6H2/t7-/m1/s1. The summed E-state index contributed by atoms with van der Waals surface area (Å²) in [4.78, 5) is 0. The van der Waals surface area contributed by atoms with Gasteiger partial charge in [-0.3, -0.25) is 0 Å². The highest BCUT2D eigenvalue weighted by Gasteiger charge is 2.23. The van der Waals surface area contributed by atoms with Crippen molar-refractivity contribution < 1.29 is 4.74 Å². The Bertz CT molecular complexity index is 273. The van der Waals surface area contributed by atoms with Crippen molar-refractivity contribution in [1.29, 1.82) is 0 Å². The molecule has 1 aromatic carbocycles. The molecule has 1 aliphatic heterocycles. The largest absolute Gasteiger partial charge is 0.491 e. The van der Waals surface area contributed by atoms with E-state index < -0.39 is 0 Å². The third kappa shape index (κ3) is 2.08. The lowest BCUT2D eigenvalue weighted by Gasteiger charge is -2.05. The van der Waals surface area contributed by atoms with Gasteiger partial charge in [-0.1, -0.05) is 23.7 Å². The molecule has 1 heterocycles. The Morgan fingerprint density at radius 1 is 1.50 bits per heavy atom. The Morgan fingerprint density at radius 3 is 2.92 bits per heavy atom. The number of para-hydroxylation sites is 1. The highest BCUT2D eigenvalue weighted by atomic mass is 35.5. The van der Waals surface area contributed by atoms with E-state index in [9.17, 15) is 0 Å². The predicted molar refractivity (Wildman–Crippen MR) is 53.2 cm³/mol. The van der Waals surface area contributed by atoms with Gasteiger partial charge in [0, 0.05) is 11.0 Å². The van der Waals surface area contributed by atoms with E-state index in [1.807, 2.05) is 36.0 Å². The smallest absolute Gasteiger partial charge is 0.137 e. The molecule has 0 unspecified atom stereocenters. The molecule has 64 valence electrons. The number of thioether (sulfide) groups is 1. The molecule has 1 aliphatic rings. The van der Waals surface area contributed by atoms with Gasteiger partial charge in [-0.15, -0.1) is 0 Å². The summed E-state index contributed by atoms with van der Waals surface area (Å²) in [5.74, 6) is 2.02. The maximum atomic E-state index is 5.90. The minimum absolute atomic E-state index is 0.696. The van der Waals surface area contributed by atoms with Crippen molar-refractivity contribution in [1.82, 2.24) is 0 Å². The second kappa shape index (κ2) is 3.58. The number of rotatable bonds is 3. The van der Waals surface area contributed by atoms with Crippen LogP contribution in [0.3, 0.4) is 0 Å². The van der Waals surface area contributed by atoms with E-state index >= 15 is 0 Å². The molecule has 0 N–H and O–H groups in total. The summed E-state index contributed by atoms with van der Waals surface area (Å²) in [6.07, 6.45) is 0. The zero-order valence-electron chi connectivity index (χ0n) is 6.50. The van der Waals surface area contributed by atoms with Gasteiger partial charge >= 0.3 is 0 Å². The van der Waals surface area contributed by atoms with Crippen LogP contribution >= 0.6 is 23.4 Å². The van der Waals surface area contributed by atoms with Crippen LogP contribution in [0, 0.1) is 0 Å². The molecule has 1 aromatic rings. The van der Waals surface area contributed by atoms with Crippen molar-refractivity contribution in [2.24, 2.45) is 0 Å². The monoisotopic (exact) mass is 200 g/mol. The molecule has 0 aromatic heterocycles. The van der Waals surface area contributed by atoms with Gasteiger partial charge in [0.1, 0.15) is 12.4 Å². The second-order valence-electron chi connectivity index (χ2n) is 2.70. The summed E-state index contributed by atoms with van der Waals surface area (Å²) in [5, 5.41) is 1.39. The maximum Gasteiger partial charge on any atom is 0.137 e. The minimum Gasteiger partial charge on any atom is -0.491 e. The van der Waals surface area contributed by atoms with Gasteiger partial charge in [0.2, 0.25) is 0 Å². The van der Waals surface area contributed by atoms with Gasteiger partial charge in [-0.25, -0.2) is 0 Å². The summed E-state index contributed by atoms with van der Waals surface area (Å²) >= 11 is 7.82. The maximum absolute atomic E-state index is 5.90. The molecule has 0 spiro atoms. The third-order valence-electron chi connectivity index (χ3n) is 1.66. The Labute approximate surface area is 81.1 Å². The van der Waals surface area contributed by atoms with Crippen molar-refractivity contribution in [2.75, 3.05) is 12.4 Å². The Hall–Kier alpha value is -0.340. The molecule has 1 nitrogen and oxygen atoms in total. The highest BCUT2D eigenvalue weighted by molar-refractivity contribution is 8.06. The van der Waals surface area contributed by atoms with E-state index in [1.54, 1.807) is 0 Å². The van der Waals surface area contributed by atoms with E-state index in [2.05, 4.69) is 0 Å². The van der Waals surface area contributed by atoms with Crippen molar-refractivity contribution in [3.05, 3.63) is 29.3 Å². The fourth-order valence-corrected chi connectivity index (χ4v) is 1.50. The average molecular weight is 201 g/mol. The van der Waals surface area contributed by atoms with Crippen molar-refractivity contribution >= 4 is 23.4 Å². The molecule has 1 fully saturated rings. The Morgan fingerprint density at radius 2 is 2.25 bits per heavy atom. The topological polar surface area (TPSA) is 9.23 Å². The number of hydrogen-bond donors (Lipinski definition) is 0. The first-order valence-electron chi connectivity index (χ1n) is 3.85. The van der Waals surface area contributed by atoms with Crippen LogP contribution in [0.5, 0.6) is 5.75 Å². The highest BCUT2D eigenvalue weighted by Crippen LogP contribution is 2.31. The molecule has 0 amide bonds. The lowest BCUT2D eigenvalue weighted by Crippen LogP contribution is -2.02. The summed E-state index contributed by atoms with van der Waals surface area (Å²) < 4.78 is 5.51. The molecule has 0 aliphatic carbocycles. The van der Waals surface area contributed by atoms with E-state index in [0.29, 0.717) is 10.3 Å². The molecule has 1 atom stereocenters. The van der Waals surface area contributed by atoms with Crippen LogP contribution in [0.1, 0.15) is 0 Å². The van der Waals surface area contributed by atoms with Crippen molar-refractivity contribution in [3.63, 3.8) is 0 Å². The third-order valence-corrected chi connectivity index (χ3v) is 2.92. The van der Waals surface area contributed by atoms with Crippen LogP contribution in [-0.2, 0) is 0 Å². The number of halogens is 1. The fourth-order valence-electron chi connectivity index (χ4n) is 0.909. The van der Waals surface area contributed by atoms with E-state index in [1.165, 1.54) is 5.75 Å². The van der Waals surface area contributed by atoms with Gasteiger partial charge in [0.25, 0.3) is 0 Å². The van der Waals surface area contributed by atoms with Gasteiger partial charge in [-0.2, -0.15) is 11.8 Å². The predicted octanol–water partition coefficient (Wildman–Crippen LogP) is 2.83. The summed E-state index contributed by atoms with van der Waals surface area (Å²) in [5.41, 5.74) is 0. The summed E-state index contributed by atoms with van der Waals surface area (Å²) in [7, 11) is 0. The lowest BCUT2D eigenvalue weighted by atomic mass is 10.3. The van der Waals surface area contributed by atoms with Gasteiger partial charge < -0.3 is 4.74 Å². The van der Waals surface area contributed by atoms with E-state index in [4.69, 9.17) is 16.3 Å². The van der Waals surface area contributed by atoms with Crippen LogP contribution in [0.25, 0.3) is 0 Å². The van der Waals surface area contributed by atoms with Crippen LogP contribution in [0.4, 0.5) is 0 Å². The van der Waals surface area contributed by atoms with Crippen molar-refractivity contribution in [2.45, 2.75) is 5.25 Å². The zero-order chi connectivity index (χ0) is 8.39. The van der Waals surface area contributed by atoms with Crippen LogP contribution in [0.2, 0.25) is 5.02 Å². The van der Waals surface area contributed by atoms with Gasteiger partial charge in [0.15, 0.2) is 0 Å². The first-order valence-corrected chi connectivity index (χ1v) is 5.28. The fraction of sp³-hybridized carbons (Fsp3) is 0.333. The quantitative estimate of drug-likeness (QED) is 0.694. The van der Waals surface area contributed by atoms with Gasteiger partial charge in [-0.05, 0) is 12.1 Å². The van der Waals surface area contributed by atoms with Crippen molar-refractivity contribution in [3.8, 4) is 5.75 Å². The molecule has 2 rings (SSSR count). The van der Waals surface area contributed by atoms with E-state index in [-0.39, 0.29) is 0 Å². The second-order valence-corrected chi connectivity index (χ2v) is 4.44. The van der Waals surface area contributed by atoms with Gasteiger partial charge in [0.05, 0.1) is 5.02 Å². The molecule has 0 radical (unpaired) electrons. The number of benzene rings is 1. The first-order chi connectivity index (χ1) is 5.86. The molecule has 12 heavy (non-hydrogen) atoms. The molecule has 0 saturated carbocycles. The summed E-state index contributed by atoms with van der Waals surface area (Å²) in [6.45, 7) is 0.786. The Kier molecular flexibility index (Phi) is 2.47. The summed E-state index contributed by atoms with van der Waals surface area (Å²) in [6, 6.07) is 7.58. The lowest BCUT2D eigenvalue weighted by molar-refractivity contribution is 0.330. The molecular weight excluding hydrogens is 192 g/mol.